The van der Waals surface area contributed by atoms with E-state index < -0.39 is 15.3 Å². The zero-order valence-electron chi connectivity index (χ0n) is 23.0. The van der Waals surface area contributed by atoms with E-state index >= 15 is 0 Å². The zero-order chi connectivity index (χ0) is 28.4. The average Bonchev–Trinajstić information content (AvgIpc) is 3.61. The Hall–Kier alpha value is -3.39. The fourth-order valence-electron chi connectivity index (χ4n) is 4.86. The van der Waals surface area contributed by atoms with E-state index in [1.807, 2.05) is 34.7 Å². The predicted molar refractivity (Wildman–Crippen MR) is 158 cm³/mol. The van der Waals surface area contributed by atoms with Gasteiger partial charge < -0.3 is 10.2 Å². The van der Waals surface area contributed by atoms with Gasteiger partial charge in [-0.3, -0.25) is 9.69 Å². The average molecular weight is 583 g/mol. The molecule has 0 aromatic carbocycles. The maximum atomic E-state index is 13.4. The molecular weight excluding hydrogens is 548 g/mol. The molecule has 1 amide bonds. The third-order valence-corrected chi connectivity index (χ3v) is 10.0. The van der Waals surface area contributed by atoms with Gasteiger partial charge in [0.05, 0.1) is 28.0 Å². The van der Waals surface area contributed by atoms with Crippen LogP contribution in [0.15, 0.2) is 48.1 Å². The highest BCUT2D eigenvalue weighted by molar-refractivity contribution is 7.90. The fourth-order valence-corrected chi connectivity index (χ4v) is 6.65. The lowest BCUT2D eigenvalue weighted by Gasteiger charge is -2.39. The van der Waals surface area contributed by atoms with Crippen LogP contribution in [0.25, 0.3) is 27.5 Å². The molecule has 0 spiro atoms. The molecule has 1 aliphatic heterocycles. The smallest absolute Gasteiger partial charge is 0.251 e. The zero-order valence-corrected chi connectivity index (χ0v) is 24.7. The van der Waals surface area contributed by atoms with Crippen molar-refractivity contribution in [3.8, 4) is 21.8 Å². The largest absolute Gasteiger partial charge is 0.354 e. The summed E-state index contributed by atoms with van der Waals surface area (Å²) in [6, 6.07) is 9.56. The van der Waals surface area contributed by atoms with Crippen LogP contribution in [0.4, 0.5) is 5.82 Å². The molecular formula is C27H34N8O3S2. The van der Waals surface area contributed by atoms with E-state index in [1.54, 1.807) is 34.2 Å². The van der Waals surface area contributed by atoms with Crippen LogP contribution in [0.1, 0.15) is 31.1 Å². The van der Waals surface area contributed by atoms with E-state index in [1.165, 1.54) is 7.05 Å². The van der Waals surface area contributed by atoms with E-state index in [-0.39, 0.29) is 25.0 Å². The van der Waals surface area contributed by atoms with Crippen LogP contribution in [0.5, 0.6) is 0 Å². The second-order valence-corrected chi connectivity index (χ2v) is 12.9. The summed E-state index contributed by atoms with van der Waals surface area (Å²) in [5.41, 5.74) is 3.12. The van der Waals surface area contributed by atoms with E-state index in [4.69, 9.17) is 9.97 Å². The Bertz CT molecular complexity index is 1590. The number of fused-ring (bicyclic) bond motifs is 1. The normalized spacial score (nSPS) is 15.0. The van der Waals surface area contributed by atoms with Crippen molar-refractivity contribution < 1.29 is 13.2 Å². The number of nitrogens with one attached hydrogen (secondary N) is 2. The van der Waals surface area contributed by atoms with E-state index in [0.717, 1.165) is 23.7 Å². The van der Waals surface area contributed by atoms with Gasteiger partial charge in [-0.15, -0.1) is 11.3 Å². The van der Waals surface area contributed by atoms with Crippen molar-refractivity contribution in [3.63, 3.8) is 0 Å². The van der Waals surface area contributed by atoms with Gasteiger partial charge in [-0.05, 0) is 56.7 Å². The first-order valence-electron chi connectivity index (χ1n) is 13.3. The minimum atomic E-state index is -3.39. The highest BCUT2D eigenvalue weighted by atomic mass is 32.2. The number of carbonyl (C=O) groups excluding carboxylic acids is 1. The molecule has 0 radical (unpaired) electrons. The van der Waals surface area contributed by atoms with E-state index in [9.17, 15) is 13.2 Å². The summed E-state index contributed by atoms with van der Waals surface area (Å²) in [6.07, 6.45) is 3.55. The molecule has 0 saturated carbocycles. The van der Waals surface area contributed by atoms with Crippen molar-refractivity contribution in [1.29, 1.82) is 0 Å². The standard InChI is InChI=1S/C27H34N8O3S2/c1-5-33(6-2)18(3)14-29-27(36)19-12-23(31-25(13-19)34-16-20(17-34)40(37,38)28-4)21-15-30-35-10-9-22(32-26(21)35)24-8-7-11-39-24/h7-13,15,18,20,28H,5-6,14,16-17H2,1-4H3,(H,29,36)/t18-/m0/s1. The van der Waals surface area contributed by atoms with Crippen LogP contribution in [-0.2, 0) is 10.0 Å². The third kappa shape index (κ3) is 5.59. The number of amides is 1. The number of hydrogen-bond donors (Lipinski definition) is 2. The first-order valence-corrected chi connectivity index (χ1v) is 15.8. The van der Waals surface area contributed by atoms with Crippen molar-refractivity contribution in [2.75, 3.05) is 44.7 Å². The molecule has 0 aliphatic carbocycles. The van der Waals surface area contributed by atoms with Crippen molar-refractivity contribution in [3.05, 3.63) is 53.7 Å². The van der Waals surface area contributed by atoms with Gasteiger partial charge in [0.25, 0.3) is 5.91 Å². The second kappa shape index (κ2) is 11.6. The molecule has 0 bridgehead atoms. The summed E-state index contributed by atoms with van der Waals surface area (Å²) in [5, 5.41) is 8.99. The quantitative estimate of drug-likeness (QED) is 0.277. The maximum absolute atomic E-state index is 13.4. The van der Waals surface area contributed by atoms with Crippen LogP contribution in [0, 0.1) is 0 Å². The predicted octanol–water partition coefficient (Wildman–Crippen LogP) is 2.72. The molecule has 1 fully saturated rings. The summed E-state index contributed by atoms with van der Waals surface area (Å²) < 4.78 is 28.6. The number of aromatic nitrogens is 4. The van der Waals surface area contributed by atoms with Crippen molar-refractivity contribution in [2.24, 2.45) is 0 Å². The second-order valence-electron chi connectivity index (χ2n) is 9.77. The Morgan fingerprint density at radius 2 is 1.95 bits per heavy atom. The summed E-state index contributed by atoms with van der Waals surface area (Å²) in [4.78, 5) is 28.3. The SMILES string of the molecule is CCN(CC)[C@@H](C)CNC(=O)c1cc(-c2cnn3ccc(-c4cccs4)nc23)nc(N2CC(S(=O)(=O)NC)C2)c1. The minimum Gasteiger partial charge on any atom is -0.354 e. The Labute approximate surface area is 238 Å². The monoisotopic (exact) mass is 582 g/mol. The van der Waals surface area contributed by atoms with Crippen LogP contribution in [-0.4, -0.2) is 89.9 Å². The van der Waals surface area contributed by atoms with Gasteiger partial charge in [0.1, 0.15) is 11.1 Å². The molecule has 5 rings (SSSR count). The number of hydrogen-bond acceptors (Lipinski definition) is 9. The molecule has 4 aromatic rings. The lowest BCUT2D eigenvalue weighted by atomic mass is 10.1. The molecule has 0 unspecified atom stereocenters. The highest BCUT2D eigenvalue weighted by Gasteiger charge is 2.37. The number of anilines is 1. The summed E-state index contributed by atoms with van der Waals surface area (Å²) in [7, 11) is -1.98. The number of thiophene rings is 1. The van der Waals surface area contributed by atoms with Gasteiger partial charge >= 0.3 is 0 Å². The lowest BCUT2D eigenvalue weighted by Crippen LogP contribution is -2.57. The Morgan fingerprint density at radius 3 is 2.62 bits per heavy atom. The van der Waals surface area contributed by atoms with Crippen LogP contribution < -0.4 is 14.9 Å². The van der Waals surface area contributed by atoms with Crippen LogP contribution in [0.2, 0.25) is 0 Å². The lowest BCUT2D eigenvalue weighted by molar-refractivity contribution is 0.0938. The fraction of sp³-hybridized carbons (Fsp3) is 0.407. The third-order valence-electron chi connectivity index (χ3n) is 7.38. The van der Waals surface area contributed by atoms with Gasteiger partial charge in [0, 0.05) is 37.4 Å². The first-order chi connectivity index (χ1) is 19.2. The molecule has 5 heterocycles. The van der Waals surface area contributed by atoms with Gasteiger partial charge in [-0.25, -0.2) is 27.6 Å². The Kier molecular flexibility index (Phi) is 8.17. The number of carbonyl (C=O) groups is 1. The number of likely N-dealkylation sites (N-methyl/N-ethyl adjacent to an activating group) is 1. The van der Waals surface area contributed by atoms with Gasteiger partial charge in [-0.2, -0.15) is 5.10 Å². The molecule has 2 N–H and O–H groups in total. The van der Waals surface area contributed by atoms with Crippen molar-refractivity contribution in [1.82, 2.24) is 34.5 Å². The number of sulfonamides is 1. The first kappa shape index (κ1) is 28.1. The minimum absolute atomic E-state index is 0.183. The van der Waals surface area contributed by atoms with Gasteiger partial charge in [0.2, 0.25) is 10.0 Å². The van der Waals surface area contributed by atoms with Gasteiger partial charge in [-0.1, -0.05) is 19.9 Å². The van der Waals surface area contributed by atoms with Gasteiger partial charge in [0.15, 0.2) is 5.65 Å². The Morgan fingerprint density at radius 1 is 1.18 bits per heavy atom. The molecule has 11 nitrogen and oxygen atoms in total. The Balaban J connectivity index is 1.50. The molecule has 4 aromatic heterocycles. The molecule has 1 saturated heterocycles. The molecule has 212 valence electrons. The molecule has 40 heavy (non-hydrogen) atoms. The number of nitrogens with zero attached hydrogens (tertiary/aromatic N) is 6. The summed E-state index contributed by atoms with van der Waals surface area (Å²) >= 11 is 1.60. The number of rotatable bonds is 11. The van der Waals surface area contributed by atoms with E-state index in [2.05, 4.69) is 40.8 Å². The molecule has 13 heteroatoms. The maximum Gasteiger partial charge on any atom is 0.251 e. The number of pyridine rings is 1. The van der Waals surface area contributed by atoms with Crippen LogP contribution >= 0.6 is 11.3 Å². The van der Waals surface area contributed by atoms with E-state index in [0.29, 0.717) is 34.8 Å². The van der Waals surface area contributed by atoms with Crippen molar-refractivity contribution >= 4 is 38.7 Å². The topological polar surface area (TPSA) is 125 Å². The summed E-state index contributed by atoms with van der Waals surface area (Å²) in [5.74, 6) is 0.322. The van der Waals surface area contributed by atoms with Crippen molar-refractivity contribution in [2.45, 2.75) is 32.1 Å². The van der Waals surface area contributed by atoms with Crippen LogP contribution in [0.3, 0.4) is 0 Å². The summed E-state index contributed by atoms with van der Waals surface area (Å²) in [6.45, 7) is 9.18. The molecule has 1 atom stereocenters. The molecule has 1 aliphatic rings. The highest BCUT2D eigenvalue weighted by Crippen LogP contribution is 2.31.